The number of benzene rings is 1. The average Bonchev–Trinajstić information content (AvgIpc) is 2.73. The van der Waals surface area contributed by atoms with Crippen molar-refractivity contribution in [1.82, 2.24) is 9.78 Å². The fourth-order valence-corrected chi connectivity index (χ4v) is 3.29. The summed E-state index contributed by atoms with van der Waals surface area (Å²) in [5.41, 5.74) is -1.02. The Labute approximate surface area is 146 Å². The van der Waals surface area contributed by atoms with Crippen LogP contribution in [0.15, 0.2) is 16.6 Å². The number of hydrogen-bond acceptors (Lipinski definition) is 2. The summed E-state index contributed by atoms with van der Waals surface area (Å²) in [6.07, 6.45) is -4.22. The first kappa shape index (κ1) is 18.1. The second kappa shape index (κ2) is 6.33. The van der Waals surface area contributed by atoms with Gasteiger partial charge in [-0.3, -0.25) is 0 Å². The lowest BCUT2D eigenvalue weighted by molar-refractivity contribution is -0.137. The van der Waals surface area contributed by atoms with Gasteiger partial charge in [0.25, 0.3) is 0 Å². The van der Waals surface area contributed by atoms with E-state index in [4.69, 9.17) is 23.2 Å². The predicted octanol–water partition coefficient (Wildman–Crippen LogP) is 5.22. The van der Waals surface area contributed by atoms with Gasteiger partial charge in [0.05, 0.1) is 25.8 Å². The van der Waals surface area contributed by atoms with Gasteiger partial charge < -0.3 is 5.11 Å². The van der Waals surface area contributed by atoms with Crippen LogP contribution in [0.4, 0.5) is 13.2 Å². The smallest absolute Gasteiger partial charge is 0.416 e. The van der Waals surface area contributed by atoms with Crippen molar-refractivity contribution in [3.63, 3.8) is 0 Å². The number of nitrogens with zero attached hydrogens (tertiary/aromatic N) is 2. The van der Waals surface area contributed by atoms with E-state index in [1.54, 1.807) is 6.92 Å². The van der Waals surface area contributed by atoms with Crippen LogP contribution in [0.5, 0.6) is 0 Å². The molecule has 2 aromatic rings. The minimum absolute atomic E-state index is 0.126. The third-order valence-corrected chi connectivity index (χ3v) is 4.40. The van der Waals surface area contributed by atoms with Crippen LogP contribution in [0, 0.1) is 0 Å². The number of aryl methyl sites for hydroxylation is 1. The van der Waals surface area contributed by atoms with E-state index in [1.807, 2.05) is 0 Å². The SMILES string of the molecule is CCc1nn(-c2c(Cl)cc(C(F)(F)F)cc2Cl)c(C(=O)O)c1Br. The molecule has 0 amide bonds. The first-order valence-corrected chi connectivity index (χ1v) is 7.70. The first-order chi connectivity index (χ1) is 10.6. The summed E-state index contributed by atoms with van der Waals surface area (Å²) < 4.78 is 39.5. The Hall–Kier alpha value is -1.25. The van der Waals surface area contributed by atoms with Gasteiger partial charge in [-0.15, -0.1) is 0 Å². The molecule has 23 heavy (non-hydrogen) atoms. The molecule has 0 saturated carbocycles. The quantitative estimate of drug-likeness (QED) is 0.724. The second-order valence-electron chi connectivity index (χ2n) is 4.47. The van der Waals surface area contributed by atoms with Crippen LogP contribution in [0.1, 0.15) is 28.7 Å². The molecule has 1 N–H and O–H groups in total. The lowest BCUT2D eigenvalue weighted by atomic mass is 10.2. The van der Waals surface area contributed by atoms with Crippen molar-refractivity contribution < 1.29 is 23.1 Å². The number of alkyl halides is 3. The van der Waals surface area contributed by atoms with Crippen LogP contribution in [-0.2, 0) is 12.6 Å². The van der Waals surface area contributed by atoms with Gasteiger partial charge in [-0.1, -0.05) is 30.1 Å². The summed E-state index contributed by atoms with van der Waals surface area (Å²) in [5, 5.41) is 12.7. The van der Waals surface area contributed by atoms with E-state index in [0.717, 1.165) is 4.68 Å². The lowest BCUT2D eigenvalue weighted by Gasteiger charge is -2.13. The van der Waals surface area contributed by atoms with Crippen molar-refractivity contribution in [2.24, 2.45) is 0 Å². The Balaban J connectivity index is 2.76. The van der Waals surface area contributed by atoms with Crippen LogP contribution in [0.25, 0.3) is 5.69 Å². The highest BCUT2D eigenvalue weighted by atomic mass is 79.9. The van der Waals surface area contributed by atoms with Gasteiger partial charge in [-0.05, 0) is 34.5 Å². The Morgan fingerprint density at radius 3 is 2.26 bits per heavy atom. The maximum Gasteiger partial charge on any atom is 0.416 e. The largest absolute Gasteiger partial charge is 0.476 e. The number of carboxylic acid groups (broad SMARTS) is 1. The van der Waals surface area contributed by atoms with E-state index in [-0.39, 0.29) is 25.9 Å². The molecule has 0 spiro atoms. The van der Waals surface area contributed by atoms with Crippen molar-refractivity contribution in [3.8, 4) is 5.69 Å². The summed E-state index contributed by atoms with van der Waals surface area (Å²) in [4.78, 5) is 11.4. The van der Waals surface area contributed by atoms with Crippen molar-refractivity contribution in [1.29, 1.82) is 0 Å². The molecular formula is C13H8BrCl2F3N2O2. The number of hydrogen-bond donors (Lipinski definition) is 1. The van der Waals surface area contributed by atoms with Gasteiger partial charge in [0.15, 0.2) is 5.69 Å². The Kier molecular flexibility index (Phi) is 4.98. The highest BCUT2D eigenvalue weighted by molar-refractivity contribution is 9.10. The summed E-state index contributed by atoms with van der Waals surface area (Å²) in [6, 6.07) is 1.35. The molecule has 124 valence electrons. The summed E-state index contributed by atoms with van der Waals surface area (Å²) in [6.45, 7) is 1.75. The average molecular weight is 432 g/mol. The highest BCUT2D eigenvalue weighted by Gasteiger charge is 2.33. The first-order valence-electron chi connectivity index (χ1n) is 6.15. The van der Waals surface area contributed by atoms with Gasteiger partial charge >= 0.3 is 12.1 Å². The Morgan fingerprint density at radius 2 is 1.87 bits per heavy atom. The molecule has 1 aromatic carbocycles. The molecule has 0 atom stereocenters. The van der Waals surface area contributed by atoms with Crippen LogP contribution in [0.3, 0.4) is 0 Å². The molecule has 1 aromatic heterocycles. The second-order valence-corrected chi connectivity index (χ2v) is 6.07. The molecule has 10 heteroatoms. The van der Waals surface area contributed by atoms with Gasteiger partial charge in [0.2, 0.25) is 0 Å². The van der Waals surface area contributed by atoms with Crippen LogP contribution >= 0.6 is 39.1 Å². The molecule has 0 unspecified atom stereocenters. The van der Waals surface area contributed by atoms with Crippen LogP contribution < -0.4 is 0 Å². The van der Waals surface area contributed by atoms with E-state index >= 15 is 0 Å². The van der Waals surface area contributed by atoms with Gasteiger partial charge in [-0.2, -0.15) is 18.3 Å². The number of rotatable bonds is 3. The van der Waals surface area contributed by atoms with Gasteiger partial charge in [-0.25, -0.2) is 9.48 Å². The molecule has 0 aliphatic heterocycles. The fraction of sp³-hybridized carbons (Fsp3) is 0.231. The molecule has 0 aliphatic carbocycles. The molecule has 0 saturated heterocycles. The van der Waals surface area contributed by atoms with Gasteiger partial charge in [0, 0.05) is 0 Å². The third kappa shape index (κ3) is 3.34. The molecule has 0 radical (unpaired) electrons. The number of carboxylic acids is 1. The number of carbonyl (C=O) groups is 1. The normalized spacial score (nSPS) is 11.8. The molecule has 0 bridgehead atoms. The monoisotopic (exact) mass is 430 g/mol. The standard InChI is InChI=1S/C13H8BrCl2F3N2O2/c1-2-8-9(14)11(12(22)23)21(20-8)10-6(15)3-5(4-7(10)16)13(17,18)19/h3-4H,2H2,1H3,(H,22,23). The van der Waals surface area contributed by atoms with E-state index in [1.165, 1.54) is 0 Å². The zero-order chi connectivity index (χ0) is 17.5. The number of aromatic nitrogens is 2. The van der Waals surface area contributed by atoms with Crippen molar-refractivity contribution in [3.05, 3.63) is 43.6 Å². The summed E-state index contributed by atoms with van der Waals surface area (Å²) >= 11 is 14.9. The minimum Gasteiger partial charge on any atom is -0.476 e. The Morgan fingerprint density at radius 1 is 1.35 bits per heavy atom. The maximum atomic E-state index is 12.8. The van der Waals surface area contributed by atoms with Crippen LogP contribution in [0.2, 0.25) is 10.0 Å². The Bertz CT molecular complexity index is 767. The zero-order valence-corrected chi connectivity index (χ0v) is 14.5. The zero-order valence-electron chi connectivity index (χ0n) is 11.4. The topological polar surface area (TPSA) is 55.1 Å². The molecule has 0 aliphatic rings. The maximum absolute atomic E-state index is 12.8. The summed E-state index contributed by atoms with van der Waals surface area (Å²) in [5.74, 6) is -1.32. The molecule has 2 rings (SSSR count). The minimum atomic E-state index is -4.62. The highest BCUT2D eigenvalue weighted by Crippen LogP contribution is 2.38. The van der Waals surface area contributed by atoms with E-state index in [0.29, 0.717) is 24.2 Å². The predicted molar refractivity (Wildman–Crippen MR) is 82.6 cm³/mol. The summed E-state index contributed by atoms with van der Waals surface area (Å²) in [7, 11) is 0. The molecule has 4 nitrogen and oxygen atoms in total. The molecule has 1 heterocycles. The third-order valence-electron chi connectivity index (χ3n) is 2.99. The lowest BCUT2D eigenvalue weighted by Crippen LogP contribution is -2.11. The van der Waals surface area contributed by atoms with Gasteiger partial charge in [0.1, 0.15) is 5.69 Å². The van der Waals surface area contributed by atoms with Crippen molar-refractivity contribution >= 4 is 45.1 Å². The number of aromatic carboxylic acids is 1. The van der Waals surface area contributed by atoms with Crippen LogP contribution in [-0.4, -0.2) is 20.9 Å². The fourth-order valence-electron chi connectivity index (χ4n) is 1.95. The number of halogens is 6. The van der Waals surface area contributed by atoms with E-state index < -0.39 is 17.7 Å². The van der Waals surface area contributed by atoms with E-state index in [2.05, 4.69) is 21.0 Å². The van der Waals surface area contributed by atoms with Crippen molar-refractivity contribution in [2.45, 2.75) is 19.5 Å². The van der Waals surface area contributed by atoms with E-state index in [9.17, 15) is 23.1 Å². The molecule has 0 fully saturated rings. The molecular weight excluding hydrogens is 424 g/mol. The van der Waals surface area contributed by atoms with Crippen molar-refractivity contribution in [2.75, 3.05) is 0 Å².